The first-order chi connectivity index (χ1) is 16.4. The number of aliphatic hydroxyl groups is 1. The van der Waals surface area contributed by atoms with Crippen LogP contribution in [0.3, 0.4) is 0 Å². The summed E-state index contributed by atoms with van der Waals surface area (Å²) in [6.45, 7) is 2.42. The molecule has 0 aliphatic rings. The fourth-order valence-corrected chi connectivity index (χ4v) is 8.59. The molecule has 0 heterocycles. The summed E-state index contributed by atoms with van der Waals surface area (Å²) in [7, 11) is -14.8. The molecule has 0 bridgehead atoms. The average Bonchev–Trinajstić information content (AvgIpc) is 2.71. The van der Waals surface area contributed by atoms with Gasteiger partial charge in [-0.05, 0) is 0 Å². The summed E-state index contributed by atoms with van der Waals surface area (Å²) in [5.41, 5.74) is 0. The monoisotopic (exact) mass is 817 g/mol. The quantitative estimate of drug-likeness (QED) is 0.0740. The van der Waals surface area contributed by atoms with Gasteiger partial charge in [-0.2, -0.15) is 0 Å². The molecule has 13 nitrogen and oxygen atoms in total. The third-order valence-electron chi connectivity index (χ3n) is 4.22. The van der Waals surface area contributed by atoms with E-state index < -0.39 is 111 Å². The van der Waals surface area contributed by atoms with Gasteiger partial charge in [0, 0.05) is 0 Å². The Morgan fingerprint density at radius 1 is 0.917 bits per heavy atom. The normalized spacial score (nSPS) is 21.3. The molecule has 0 fully saturated rings. The van der Waals surface area contributed by atoms with Crippen LogP contribution in [-0.4, -0.2) is 66.3 Å². The van der Waals surface area contributed by atoms with E-state index in [9.17, 15) is 39.2 Å². The zero-order chi connectivity index (χ0) is 28.2. The van der Waals surface area contributed by atoms with Crippen molar-refractivity contribution < 1.29 is 66.7 Å². The first kappa shape index (κ1) is 37.4. The zero-order valence-electron chi connectivity index (χ0n) is 19.8. The van der Waals surface area contributed by atoms with Crippen molar-refractivity contribution in [2.75, 3.05) is 36.3 Å². The van der Waals surface area contributed by atoms with Gasteiger partial charge in [0.1, 0.15) is 0 Å². The maximum absolute atomic E-state index is 13.8. The Labute approximate surface area is 225 Å². The van der Waals surface area contributed by atoms with Crippen LogP contribution in [-0.2, 0) is 36.3 Å². The molecule has 0 aliphatic heterocycles. The van der Waals surface area contributed by atoms with Crippen molar-refractivity contribution in [2.45, 2.75) is 46.2 Å². The fraction of sp³-hybridized carbons (Fsp3) is 0.875. The Kier molecular flexibility index (Phi) is 18.6. The van der Waals surface area contributed by atoms with E-state index in [1.165, 1.54) is 22.9 Å². The second-order valence-corrected chi connectivity index (χ2v) is 19.8. The van der Waals surface area contributed by atoms with Crippen LogP contribution < -0.4 is 14.7 Å². The van der Waals surface area contributed by atoms with E-state index in [0.717, 1.165) is 0 Å². The van der Waals surface area contributed by atoms with Crippen molar-refractivity contribution in [2.24, 2.45) is 0 Å². The molecular formula is C16H32F2I2O13P3-3. The van der Waals surface area contributed by atoms with Crippen LogP contribution in [0.1, 0.15) is 26.2 Å². The molecule has 0 aliphatic carbocycles. The molecule has 0 saturated carbocycles. The molecule has 0 spiro atoms. The van der Waals surface area contributed by atoms with Crippen LogP contribution in [0.4, 0.5) is 5.72 Å². The SMILES string of the molecule is C=CC(O)CC(COP(=O)([O-])OC(C)CCOP(=O)([O-])OCCC(COP(=O)([O-])O)I(C)F)I(C)F. The minimum atomic E-state index is -5.05. The van der Waals surface area contributed by atoms with Crippen molar-refractivity contribution in [1.29, 1.82) is 0 Å². The second kappa shape index (κ2) is 17.9. The summed E-state index contributed by atoms with van der Waals surface area (Å²) < 4.78 is 82.9. The number of hydrogen-bond acceptors (Lipinski definition) is 12. The number of aliphatic hydroxyl groups excluding tert-OH is 1. The van der Waals surface area contributed by atoms with Gasteiger partial charge >= 0.3 is 226 Å². The number of halogens is 4. The van der Waals surface area contributed by atoms with Crippen molar-refractivity contribution in [3.05, 3.63) is 12.7 Å². The molecule has 2 N–H and O–H groups in total. The second-order valence-electron chi connectivity index (χ2n) is 7.23. The summed E-state index contributed by atoms with van der Waals surface area (Å²) >= 11 is -6.19. The van der Waals surface area contributed by atoms with Crippen LogP contribution in [0.5, 0.6) is 0 Å². The third kappa shape index (κ3) is 19.4. The number of hydrogen-bond donors (Lipinski definition) is 2. The van der Waals surface area contributed by atoms with Crippen molar-refractivity contribution in [3.8, 4) is 0 Å². The predicted octanol–water partition coefficient (Wildman–Crippen LogP) is 2.35. The number of rotatable bonds is 21. The number of phosphoric acid groups is 3. The third-order valence-corrected chi connectivity index (χ3v) is 13.5. The van der Waals surface area contributed by atoms with Crippen LogP contribution >= 0.6 is 64.3 Å². The molecule has 0 radical (unpaired) electrons. The number of phosphoric ester groups is 3. The first-order valence-corrected chi connectivity index (χ1v) is 23.0. The van der Waals surface area contributed by atoms with E-state index in [1.54, 1.807) is 0 Å². The molecule has 36 heavy (non-hydrogen) atoms. The Balaban J connectivity index is 4.48. The van der Waals surface area contributed by atoms with Crippen LogP contribution in [0.15, 0.2) is 12.7 Å². The fourth-order valence-electron chi connectivity index (χ4n) is 2.27. The molecular weight excluding hydrogens is 785 g/mol. The summed E-state index contributed by atoms with van der Waals surface area (Å²) in [5.74, 6) is 0. The number of alkyl halides is 4. The topological polar surface area (TPSA) is 207 Å². The Morgan fingerprint density at radius 2 is 1.42 bits per heavy atom. The standard InChI is InChI=1S/C16H35F2I2O13P3/c1-5-16(21)10-15(20(4)18)12-32-36(27,28)33-13(2)6-8-29-35(25,26)30-9-7-14(19(3)17)11-31-34(22,23)24/h5,13-16,21H,1,6-12H2,2-4H3,(H,25,26)(H,27,28)(H2,22,23,24)/p-3. The molecule has 0 aromatic carbocycles. The van der Waals surface area contributed by atoms with E-state index in [2.05, 4.69) is 20.2 Å². The molecule has 0 aromatic rings. The van der Waals surface area contributed by atoms with Gasteiger partial charge in [-0.1, -0.05) is 0 Å². The van der Waals surface area contributed by atoms with Gasteiger partial charge in [-0.25, -0.2) is 0 Å². The first-order valence-electron chi connectivity index (χ1n) is 10.1. The van der Waals surface area contributed by atoms with Gasteiger partial charge in [-0.15, -0.1) is 0 Å². The summed E-state index contributed by atoms with van der Waals surface area (Å²) in [5, 5.41) is 9.56. The maximum atomic E-state index is 13.8. The zero-order valence-corrected chi connectivity index (χ0v) is 26.8. The van der Waals surface area contributed by atoms with Gasteiger partial charge in [0.15, 0.2) is 0 Å². The molecule has 7 atom stereocenters. The van der Waals surface area contributed by atoms with Gasteiger partial charge in [0.2, 0.25) is 0 Å². The average molecular weight is 817 g/mol. The van der Waals surface area contributed by atoms with E-state index in [-0.39, 0.29) is 19.3 Å². The summed E-state index contributed by atoms with van der Waals surface area (Å²) in [4.78, 5) is 45.6. The van der Waals surface area contributed by atoms with Gasteiger partial charge in [0.05, 0.1) is 0 Å². The van der Waals surface area contributed by atoms with Crippen LogP contribution in [0.25, 0.3) is 0 Å². The van der Waals surface area contributed by atoms with Gasteiger partial charge in [0.25, 0.3) is 0 Å². The minimum absolute atomic E-state index is 0.0507. The molecule has 0 saturated heterocycles. The molecule has 0 rings (SSSR count). The molecule has 7 unspecified atom stereocenters. The Morgan fingerprint density at radius 3 is 1.89 bits per heavy atom. The van der Waals surface area contributed by atoms with Crippen LogP contribution in [0.2, 0.25) is 0 Å². The van der Waals surface area contributed by atoms with Gasteiger partial charge in [-0.3, -0.25) is 0 Å². The molecule has 20 heteroatoms. The molecule has 220 valence electrons. The van der Waals surface area contributed by atoms with Crippen molar-refractivity contribution in [1.82, 2.24) is 0 Å². The van der Waals surface area contributed by atoms with E-state index in [1.807, 2.05) is 0 Å². The summed E-state index contributed by atoms with van der Waals surface area (Å²) in [6.07, 6.45) is -1.38. The predicted molar refractivity (Wildman–Crippen MR) is 139 cm³/mol. The Hall–Kier alpha value is 1.35. The van der Waals surface area contributed by atoms with Crippen molar-refractivity contribution in [3.63, 3.8) is 0 Å². The molecule has 0 aromatic heterocycles. The van der Waals surface area contributed by atoms with Crippen molar-refractivity contribution >= 4 is 64.3 Å². The van der Waals surface area contributed by atoms with E-state index in [0.29, 0.717) is 0 Å². The van der Waals surface area contributed by atoms with Gasteiger partial charge < -0.3 is 0 Å². The van der Waals surface area contributed by atoms with E-state index >= 15 is 0 Å². The Bertz CT molecular complexity index is 788. The van der Waals surface area contributed by atoms with Crippen LogP contribution in [0, 0.1) is 0 Å². The summed E-state index contributed by atoms with van der Waals surface area (Å²) in [6, 6.07) is 0. The molecule has 0 amide bonds. The van der Waals surface area contributed by atoms with E-state index in [4.69, 9.17) is 13.9 Å².